The summed E-state index contributed by atoms with van der Waals surface area (Å²) in [5.41, 5.74) is 0. The zero-order valence-electron chi connectivity index (χ0n) is 11.7. The minimum Gasteiger partial charge on any atom is -0.497 e. The van der Waals surface area contributed by atoms with Gasteiger partial charge in [0.15, 0.2) is 6.61 Å². The van der Waals surface area contributed by atoms with E-state index in [1.807, 2.05) is 4.72 Å². The molecule has 7 nitrogen and oxygen atoms in total. The molecule has 0 radical (unpaired) electrons. The van der Waals surface area contributed by atoms with Crippen LogP contribution in [0.4, 0.5) is 0 Å². The van der Waals surface area contributed by atoms with Crippen molar-refractivity contribution in [1.82, 2.24) is 9.71 Å². The summed E-state index contributed by atoms with van der Waals surface area (Å²) < 4.78 is 35.9. The van der Waals surface area contributed by atoms with Gasteiger partial charge in [0.25, 0.3) is 15.9 Å². The molecule has 0 saturated heterocycles. The quantitative estimate of drug-likeness (QED) is 0.852. The molecule has 2 aromatic rings. The summed E-state index contributed by atoms with van der Waals surface area (Å²) in [6, 6.07) is 9.36. The third-order valence-electron chi connectivity index (χ3n) is 2.62. The summed E-state index contributed by atoms with van der Waals surface area (Å²) in [5.74, 6) is 0.297. The lowest BCUT2D eigenvalue weighted by Crippen LogP contribution is -2.34. The Labute approximate surface area is 128 Å². The fourth-order valence-electron chi connectivity index (χ4n) is 1.57. The molecule has 0 fully saturated rings. The van der Waals surface area contributed by atoms with Gasteiger partial charge in [0.2, 0.25) is 0 Å². The summed E-state index contributed by atoms with van der Waals surface area (Å²) in [6.45, 7) is -0.425. The van der Waals surface area contributed by atoms with Gasteiger partial charge in [-0.25, -0.2) is 13.1 Å². The van der Waals surface area contributed by atoms with Crippen molar-refractivity contribution in [3.05, 3.63) is 48.8 Å². The second kappa shape index (κ2) is 6.90. The van der Waals surface area contributed by atoms with Crippen LogP contribution < -0.4 is 14.2 Å². The van der Waals surface area contributed by atoms with Gasteiger partial charge in [-0.2, -0.15) is 0 Å². The van der Waals surface area contributed by atoms with Gasteiger partial charge >= 0.3 is 0 Å². The van der Waals surface area contributed by atoms with E-state index in [1.165, 1.54) is 25.4 Å². The first kappa shape index (κ1) is 15.8. The van der Waals surface area contributed by atoms with Gasteiger partial charge in [-0.1, -0.05) is 0 Å². The number of sulfonamides is 1. The Morgan fingerprint density at radius 2 is 1.86 bits per heavy atom. The van der Waals surface area contributed by atoms with Crippen molar-refractivity contribution in [1.29, 1.82) is 0 Å². The van der Waals surface area contributed by atoms with Gasteiger partial charge in [-0.15, -0.1) is 0 Å². The standard InChI is InChI=1S/C14H14N2O5S/c1-20-11-4-6-12(7-5-11)21-10-14(17)16-22(18,19)13-3-2-8-15-9-13/h2-9H,10H2,1H3,(H,16,17). The maximum atomic E-state index is 11.9. The number of ether oxygens (including phenoxy) is 2. The fourth-order valence-corrected chi connectivity index (χ4v) is 2.50. The molecule has 1 aromatic heterocycles. The zero-order chi connectivity index (χ0) is 16.0. The molecule has 1 heterocycles. The van der Waals surface area contributed by atoms with Gasteiger partial charge < -0.3 is 9.47 Å². The Balaban J connectivity index is 1.92. The van der Waals surface area contributed by atoms with Crippen LogP contribution in [0.3, 0.4) is 0 Å². The number of carbonyl (C=O) groups is 1. The highest BCUT2D eigenvalue weighted by molar-refractivity contribution is 7.90. The van der Waals surface area contributed by atoms with E-state index in [2.05, 4.69) is 4.98 Å². The van der Waals surface area contributed by atoms with Crippen molar-refractivity contribution in [3.8, 4) is 11.5 Å². The maximum Gasteiger partial charge on any atom is 0.271 e. The van der Waals surface area contributed by atoms with E-state index in [9.17, 15) is 13.2 Å². The van der Waals surface area contributed by atoms with Crippen LogP contribution >= 0.6 is 0 Å². The molecule has 0 spiro atoms. The molecule has 0 unspecified atom stereocenters. The van der Waals surface area contributed by atoms with Crippen molar-refractivity contribution in [2.24, 2.45) is 0 Å². The molecule has 8 heteroatoms. The van der Waals surface area contributed by atoms with E-state index in [-0.39, 0.29) is 4.90 Å². The average molecular weight is 322 g/mol. The second-order valence-electron chi connectivity index (χ2n) is 4.18. The molecule has 0 aliphatic carbocycles. The van der Waals surface area contributed by atoms with Crippen LogP contribution in [0.25, 0.3) is 0 Å². The largest absolute Gasteiger partial charge is 0.497 e. The first-order chi connectivity index (χ1) is 10.5. The number of aromatic nitrogens is 1. The van der Waals surface area contributed by atoms with Crippen LogP contribution in [0.2, 0.25) is 0 Å². The molecule has 2 rings (SSSR count). The number of hydrogen-bond acceptors (Lipinski definition) is 6. The summed E-state index contributed by atoms with van der Waals surface area (Å²) in [7, 11) is -2.40. The number of methoxy groups -OCH3 is 1. The molecule has 116 valence electrons. The highest BCUT2D eigenvalue weighted by Crippen LogP contribution is 2.16. The predicted molar refractivity (Wildman–Crippen MR) is 78.1 cm³/mol. The second-order valence-corrected chi connectivity index (χ2v) is 5.86. The number of amides is 1. The van der Waals surface area contributed by atoms with E-state index in [4.69, 9.17) is 9.47 Å². The highest BCUT2D eigenvalue weighted by Gasteiger charge is 2.17. The Hall–Kier alpha value is -2.61. The van der Waals surface area contributed by atoms with Crippen molar-refractivity contribution < 1.29 is 22.7 Å². The van der Waals surface area contributed by atoms with E-state index in [0.717, 1.165) is 6.20 Å². The Bertz CT molecular complexity index is 730. The van der Waals surface area contributed by atoms with Crippen LogP contribution in [0, 0.1) is 0 Å². The molecule has 0 aliphatic rings. The third kappa shape index (κ3) is 4.19. The minimum atomic E-state index is -3.94. The topological polar surface area (TPSA) is 94.6 Å². The molecule has 1 amide bonds. The maximum absolute atomic E-state index is 11.9. The van der Waals surface area contributed by atoms with Crippen LogP contribution in [0.15, 0.2) is 53.7 Å². The smallest absolute Gasteiger partial charge is 0.271 e. The summed E-state index contributed by atoms with van der Waals surface area (Å²) >= 11 is 0. The molecule has 1 N–H and O–H groups in total. The first-order valence-corrected chi connectivity index (χ1v) is 7.72. The van der Waals surface area contributed by atoms with Crippen molar-refractivity contribution in [2.75, 3.05) is 13.7 Å². The van der Waals surface area contributed by atoms with Crippen molar-refractivity contribution >= 4 is 15.9 Å². The van der Waals surface area contributed by atoms with Crippen LogP contribution in [-0.4, -0.2) is 33.0 Å². The normalized spacial score (nSPS) is 10.8. The summed E-state index contributed by atoms with van der Waals surface area (Å²) in [5, 5.41) is 0. The number of nitrogens with one attached hydrogen (secondary N) is 1. The molecule has 0 saturated carbocycles. The molecular formula is C14H14N2O5S. The van der Waals surface area contributed by atoms with Gasteiger partial charge in [-0.3, -0.25) is 9.78 Å². The van der Waals surface area contributed by atoms with E-state index < -0.39 is 22.5 Å². The lowest BCUT2D eigenvalue weighted by atomic mass is 10.3. The van der Waals surface area contributed by atoms with Gasteiger partial charge in [0.05, 0.1) is 7.11 Å². The fraction of sp³-hybridized carbons (Fsp3) is 0.143. The van der Waals surface area contributed by atoms with Crippen LogP contribution in [0.5, 0.6) is 11.5 Å². The predicted octanol–water partition coefficient (Wildman–Crippen LogP) is 0.974. The number of pyridine rings is 1. The van der Waals surface area contributed by atoms with Crippen molar-refractivity contribution in [2.45, 2.75) is 4.90 Å². The van der Waals surface area contributed by atoms with Crippen molar-refractivity contribution in [3.63, 3.8) is 0 Å². The van der Waals surface area contributed by atoms with Gasteiger partial charge in [0.1, 0.15) is 16.4 Å². The lowest BCUT2D eigenvalue weighted by molar-refractivity contribution is -0.121. The molecule has 22 heavy (non-hydrogen) atoms. The number of hydrogen-bond donors (Lipinski definition) is 1. The van der Waals surface area contributed by atoms with Gasteiger partial charge in [-0.05, 0) is 36.4 Å². The molecule has 1 aromatic carbocycles. The number of benzene rings is 1. The Morgan fingerprint density at radius 3 is 2.45 bits per heavy atom. The highest BCUT2D eigenvalue weighted by atomic mass is 32.2. The number of nitrogens with zero attached hydrogens (tertiary/aromatic N) is 1. The van der Waals surface area contributed by atoms with E-state index >= 15 is 0 Å². The molecule has 0 bridgehead atoms. The lowest BCUT2D eigenvalue weighted by Gasteiger charge is -2.08. The van der Waals surface area contributed by atoms with Crippen LogP contribution in [0.1, 0.15) is 0 Å². The first-order valence-electron chi connectivity index (χ1n) is 6.24. The van der Waals surface area contributed by atoms with Crippen LogP contribution in [-0.2, 0) is 14.8 Å². The number of carbonyl (C=O) groups excluding carboxylic acids is 1. The summed E-state index contributed by atoms with van der Waals surface area (Å²) in [6.07, 6.45) is 2.59. The average Bonchev–Trinajstić information content (AvgIpc) is 2.54. The SMILES string of the molecule is COc1ccc(OCC(=O)NS(=O)(=O)c2cccnc2)cc1. The molecule has 0 atom stereocenters. The zero-order valence-corrected chi connectivity index (χ0v) is 12.5. The monoisotopic (exact) mass is 322 g/mol. The van der Waals surface area contributed by atoms with Gasteiger partial charge in [0, 0.05) is 12.4 Å². The minimum absolute atomic E-state index is 0.0900. The molecule has 0 aliphatic heterocycles. The Kier molecular flexibility index (Phi) is 4.95. The van der Waals surface area contributed by atoms with E-state index in [1.54, 1.807) is 24.3 Å². The third-order valence-corrected chi connectivity index (χ3v) is 3.98. The number of rotatable bonds is 6. The Morgan fingerprint density at radius 1 is 1.18 bits per heavy atom. The van der Waals surface area contributed by atoms with E-state index in [0.29, 0.717) is 11.5 Å². The summed E-state index contributed by atoms with van der Waals surface area (Å²) in [4.78, 5) is 15.3. The molecular weight excluding hydrogens is 308 g/mol.